The van der Waals surface area contributed by atoms with Crippen LogP contribution in [0.15, 0.2) is 170 Å². The summed E-state index contributed by atoms with van der Waals surface area (Å²) in [5, 5.41) is 3.78. The summed E-state index contributed by atoms with van der Waals surface area (Å²) in [6, 6.07) is 60.5. The number of benzene rings is 6. The second-order valence-electron chi connectivity index (χ2n) is 11.6. The van der Waals surface area contributed by atoms with Crippen molar-refractivity contribution in [1.82, 2.24) is 9.55 Å². The third kappa shape index (κ3) is 4.36. The Balaban J connectivity index is 1.38. The maximum atomic E-state index is 5.34. The number of rotatable bonds is 5. The van der Waals surface area contributed by atoms with E-state index in [4.69, 9.17) is 4.98 Å². The second kappa shape index (κ2) is 11.0. The Kier molecular flexibility index (Phi) is 6.36. The summed E-state index contributed by atoms with van der Waals surface area (Å²) in [4.78, 5) is 6.63. The summed E-state index contributed by atoms with van der Waals surface area (Å²) in [6.45, 7) is 0. The molecule has 0 aliphatic heterocycles. The monoisotopic (exact) mass is 604 g/mol. The fourth-order valence-electron chi connectivity index (χ4n) is 6.72. The average Bonchev–Trinajstić information content (AvgIpc) is 3.69. The third-order valence-electron chi connectivity index (χ3n) is 8.81. The van der Waals surface area contributed by atoms with Crippen molar-refractivity contribution in [1.29, 1.82) is 0 Å². The van der Waals surface area contributed by atoms with E-state index < -0.39 is 0 Å². The summed E-state index contributed by atoms with van der Waals surface area (Å²) < 4.78 is 3.65. The fraction of sp³-hybridized carbons (Fsp3) is 0. The molecule has 0 spiro atoms. The molecule has 0 amide bonds. The van der Waals surface area contributed by atoms with Gasteiger partial charge in [-0.15, -0.1) is 11.3 Å². The number of fused-ring (bicyclic) bond motifs is 5. The van der Waals surface area contributed by atoms with Crippen LogP contribution in [-0.4, -0.2) is 9.55 Å². The molecular formula is C43H28N2S. The van der Waals surface area contributed by atoms with E-state index in [0.29, 0.717) is 0 Å². The topological polar surface area (TPSA) is 17.8 Å². The third-order valence-corrected chi connectivity index (χ3v) is 10.1. The molecule has 46 heavy (non-hydrogen) atoms. The SMILES string of the molecule is c1ccc(-c2cc(-c3ccccc3)nc(-n3c4ccccc4c4c5sc(-c6ccccc6)c(-c6ccccc6)c5ccc43)c2)cc1. The number of pyridine rings is 1. The Bertz CT molecular complexity index is 2440. The predicted molar refractivity (Wildman–Crippen MR) is 196 cm³/mol. The van der Waals surface area contributed by atoms with E-state index in [1.807, 2.05) is 11.3 Å². The molecule has 9 aromatic rings. The zero-order valence-electron chi connectivity index (χ0n) is 25.0. The Hall–Kier alpha value is -5.77. The molecule has 2 nitrogen and oxygen atoms in total. The lowest BCUT2D eigenvalue weighted by Crippen LogP contribution is -2.00. The summed E-state index contributed by atoms with van der Waals surface area (Å²) in [5.74, 6) is 0.911. The van der Waals surface area contributed by atoms with E-state index in [9.17, 15) is 0 Å². The minimum Gasteiger partial charge on any atom is -0.294 e. The summed E-state index contributed by atoms with van der Waals surface area (Å²) >= 11 is 1.89. The minimum atomic E-state index is 0.911. The van der Waals surface area contributed by atoms with Crippen molar-refractivity contribution in [3.63, 3.8) is 0 Å². The van der Waals surface area contributed by atoms with Crippen LogP contribution in [0.2, 0.25) is 0 Å². The highest BCUT2D eigenvalue weighted by Crippen LogP contribution is 2.49. The molecule has 6 aromatic carbocycles. The molecule has 0 aliphatic carbocycles. The number of hydrogen-bond acceptors (Lipinski definition) is 2. The van der Waals surface area contributed by atoms with Gasteiger partial charge in [0.05, 0.1) is 16.7 Å². The Morgan fingerprint density at radius 1 is 0.435 bits per heavy atom. The van der Waals surface area contributed by atoms with Crippen LogP contribution >= 0.6 is 11.3 Å². The number of thiophene rings is 1. The van der Waals surface area contributed by atoms with Gasteiger partial charge in [-0.05, 0) is 46.5 Å². The minimum absolute atomic E-state index is 0.911. The van der Waals surface area contributed by atoms with Gasteiger partial charge in [0.15, 0.2) is 0 Å². The lowest BCUT2D eigenvalue weighted by Gasteiger charge is -2.13. The van der Waals surface area contributed by atoms with Crippen molar-refractivity contribution in [3.05, 3.63) is 170 Å². The van der Waals surface area contributed by atoms with Gasteiger partial charge < -0.3 is 0 Å². The normalized spacial score (nSPS) is 11.5. The van der Waals surface area contributed by atoms with Gasteiger partial charge in [0.2, 0.25) is 0 Å². The number of hydrogen-bond donors (Lipinski definition) is 0. The van der Waals surface area contributed by atoms with Gasteiger partial charge in [-0.2, -0.15) is 0 Å². The Morgan fingerprint density at radius 2 is 1.02 bits per heavy atom. The second-order valence-corrected chi connectivity index (χ2v) is 12.6. The van der Waals surface area contributed by atoms with Crippen LogP contribution in [0.25, 0.3) is 81.7 Å². The van der Waals surface area contributed by atoms with Crippen molar-refractivity contribution >= 4 is 43.2 Å². The van der Waals surface area contributed by atoms with Crippen LogP contribution in [0.3, 0.4) is 0 Å². The van der Waals surface area contributed by atoms with Gasteiger partial charge in [-0.1, -0.05) is 146 Å². The van der Waals surface area contributed by atoms with E-state index in [1.54, 1.807) is 0 Å². The summed E-state index contributed by atoms with van der Waals surface area (Å²) in [7, 11) is 0. The van der Waals surface area contributed by atoms with Gasteiger partial charge in [0.25, 0.3) is 0 Å². The molecule has 9 rings (SSSR count). The van der Waals surface area contributed by atoms with Crippen molar-refractivity contribution in [3.8, 4) is 49.8 Å². The number of nitrogens with zero attached hydrogens (tertiary/aromatic N) is 2. The number of aromatic nitrogens is 2. The van der Waals surface area contributed by atoms with E-state index in [1.165, 1.54) is 48.0 Å². The van der Waals surface area contributed by atoms with E-state index >= 15 is 0 Å². The van der Waals surface area contributed by atoms with Gasteiger partial charge in [0, 0.05) is 36.9 Å². The first-order valence-electron chi connectivity index (χ1n) is 15.6. The molecule has 3 heterocycles. The van der Waals surface area contributed by atoms with Crippen LogP contribution < -0.4 is 0 Å². The van der Waals surface area contributed by atoms with Crippen LogP contribution in [0.5, 0.6) is 0 Å². The molecule has 0 radical (unpaired) electrons. The Morgan fingerprint density at radius 3 is 1.72 bits per heavy atom. The van der Waals surface area contributed by atoms with E-state index in [-0.39, 0.29) is 0 Å². The zero-order chi connectivity index (χ0) is 30.5. The summed E-state index contributed by atoms with van der Waals surface area (Å²) in [6.07, 6.45) is 0. The van der Waals surface area contributed by atoms with E-state index in [0.717, 1.165) is 33.7 Å². The molecule has 0 atom stereocenters. The Labute approximate surface area is 271 Å². The van der Waals surface area contributed by atoms with Crippen LogP contribution in [0, 0.1) is 0 Å². The van der Waals surface area contributed by atoms with Gasteiger partial charge in [-0.25, -0.2) is 4.98 Å². The molecule has 0 bridgehead atoms. The molecule has 3 heteroatoms. The summed E-state index contributed by atoms with van der Waals surface area (Å²) in [5.41, 5.74) is 10.4. The largest absolute Gasteiger partial charge is 0.294 e. The maximum Gasteiger partial charge on any atom is 0.138 e. The predicted octanol–water partition coefficient (Wildman–Crippen LogP) is 12.1. The van der Waals surface area contributed by atoms with Crippen LogP contribution in [-0.2, 0) is 0 Å². The molecule has 3 aromatic heterocycles. The zero-order valence-corrected chi connectivity index (χ0v) is 25.8. The molecular weight excluding hydrogens is 577 g/mol. The first-order chi connectivity index (χ1) is 22.8. The highest BCUT2D eigenvalue weighted by Gasteiger charge is 2.22. The van der Waals surface area contributed by atoms with E-state index in [2.05, 4.69) is 174 Å². The molecule has 0 aliphatic rings. The smallest absolute Gasteiger partial charge is 0.138 e. The highest BCUT2D eigenvalue weighted by atomic mass is 32.1. The average molecular weight is 605 g/mol. The highest BCUT2D eigenvalue weighted by molar-refractivity contribution is 7.24. The molecule has 0 saturated carbocycles. The van der Waals surface area contributed by atoms with Crippen LogP contribution in [0.4, 0.5) is 0 Å². The van der Waals surface area contributed by atoms with Gasteiger partial charge in [-0.3, -0.25) is 4.57 Å². The van der Waals surface area contributed by atoms with Gasteiger partial charge >= 0.3 is 0 Å². The van der Waals surface area contributed by atoms with Gasteiger partial charge in [0.1, 0.15) is 5.82 Å². The van der Waals surface area contributed by atoms with Crippen molar-refractivity contribution in [2.45, 2.75) is 0 Å². The van der Waals surface area contributed by atoms with Crippen molar-refractivity contribution in [2.75, 3.05) is 0 Å². The van der Waals surface area contributed by atoms with Crippen molar-refractivity contribution in [2.24, 2.45) is 0 Å². The first-order valence-corrected chi connectivity index (χ1v) is 16.4. The lowest BCUT2D eigenvalue weighted by atomic mass is 9.98. The quantitative estimate of drug-likeness (QED) is 0.191. The maximum absolute atomic E-state index is 5.34. The molecule has 0 unspecified atom stereocenters. The molecule has 0 fully saturated rings. The number of para-hydroxylation sites is 1. The lowest BCUT2D eigenvalue weighted by molar-refractivity contribution is 1.08. The fourth-order valence-corrected chi connectivity index (χ4v) is 8.11. The van der Waals surface area contributed by atoms with Crippen LogP contribution in [0.1, 0.15) is 0 Å². The molecule has 0 saturated heterocycles. The standard InChI is InChI=1S/C43H28N2S/c1-5-15-29(16-6-1)33-27-36(30-17-7-2-8-18-30)44-39(28-33)45-37-24-14-13-23-34(37)41-38(45)26-25-35-40(31-19-9-3-10-20-31)42(46-43(35)41)32-21-11-4-12-22-32/h1-28H. The van der Waals surface area contributed by atoms with Crippen molar-refractivity contribution < 1.29 is 0 Å². The molecule has 0 N–H and O–H groups in total. The first kappa shape index (κ1) is 26.6. The molecule has 216 valence electrons.